The van der Waals surface area contributed by atoms with Crippen LogP contribution >= 0.6 is 15.9 Å². The van der Waals surface area contributed by atoms with E-state index in [-0.39, 0.29) is 11.4 Å². The van der Waals surface area contributed by atoms with Crippen LogP contribution in [0.5, 0.6) is 11.5 Å². The van der Waals surface area contributed by atoms with Crippen molar-refractivity contribution >= 4 is 48.2 Å². The monoisotopic (exact) mass is 660 g/mol. The van der Waals surface area contributed by atoms with Crippen LogP contribution < -0.4 is 19.5 Å². The number of hydrogen-bond acceptors (Lipinski definition) is 7. The summed E-state index contributed by atoms with van der Waals surface area (Å²) in [6.07, 6.45) is 0.493. The minimum Gasteiger partial charge on any atom is -0.490 e. The van der Waals surface area contributed by atoms with E-state index < -0.39 is 10.0 Å². The first-order valence-corrected chi connectivity index (χ1v) is 16.3. The third-order valence-electron chi connectivity index (χ3n) is 6.86. The molecule has 4 aromatic carbocycles. The quantitative estimate of drug-likeness (QED) is 0.143. The zero-order valence-electron chi connectivity index (χ0n) is 24.2. The number of aryl methyl sites for hydroxylation is 1. The van der Waals surface area contributed by atoms with Crippen LogP contribution in [0.2, 0.25) is 0 Å². The zero-order valence-corrected chi connectivity index (χ0v) is 26.6. The zero-order chi connectivity index (χ0) is 30.4. The molecule has 2 N–H and O–H groups in total. The highest BCUT2D eigenvalue weighted by Crippen LogP contribution is 2.33. The van der Waals surface area contributed by atoms with Crippen molar-refractivity contribution in [2.75, 3.05) is 25.1 Å². The molecule has 0 spiro atoms. The van der Waals surface area contributed by atoms with Gasteiger partial charge in [0.1, 0.15) is 5.69 Å². The molecule has 5 rings (SSSR count). The van der Waals surface area contributed by atoms with Gasteiger partial charge >= 0.3 is 0 Å². The largest absolute Gasteiger partial charge is 0.490 e. The fourth-order valence-electron chi connectivity index (χ4n) is 4.77. The third-order valence-corrected chi connectivity index (χ3v) is 8.99. The van der Waals surface area contributed by atoms with Gasteiger partial charge in [-0.25, -0.2) is 13.1 Å². The van der Waals surface area contributed by atoms with E-state index in [0.717, 1.165) is 26.5 Å². The van der Waals surface area contributed by atoms with Crippen molar-refractivity contribution < 1.29 is 17.9 Å². The van der Waals surface area contributed by atoms with Gasteiger partial charge < -0.3 is 14.8 Å². The molecule has 0 saturated heterocycles. The maximum absolute atomic E-state index is 13.5. The summed E-state index contributed by atoms with van der Waals surface area (Å²) in [6, 6.07) is 26.6. The highest BCUT2D eigenvalue weighted by Gasteiger charge is 2.20. The van der Waals surface area contributed by atoms with E-state index in [0.29, 0.717) is 53.8 Å². The molecule has 1 heterocycles. The highest BCUT2D eigenvalue weighted by molar-refractivity contribution is 9.10. The lowest BCUT2D eigenvalue weighted by atomic mass is 10.0. The van der Waals surface area contributed by atoms with E-state index in [1.165, 1.54) is 0 Å². The first kappa shape index (κ1) is 30.5. The standard InChI is InChI=1S/C33H33BrN4O4S/c1-4-41-29-17-11-23(20-30(29)42-5-2)18-19-35-43(39,40)31-21-24(12-10-22(31)3)32-27-8-6-7-9-28(27)33(38-37-32)36-26-15-13-25(34)14-16-26/h6-17,20-21,35H,4-5,18-19H2,1-3H3,(H,36,38). The number of sulfonamides is 1. The van der Waals surface area contributed by atoms with Crippen molar-refractivity contribution in [2.24, 2.45) is 0 Å². The second kappa shape index (κ2) is 13.5. The van der Waals surface area contributed by atoms with Gasteiger partial charge in [-0.2, -0.15) is 0 Å². The van der Waals surface area contributed by atoms with E-state index in [4.69, 9.17) is 9.47 Å². The van der Waals surface area contributed by atoms with E-state index in [2.05, 4.69) is 36.2 Å². The predicted molar refractivity (Wildman–Crippen MR) is 175 cm³/mol. The number of rotatable bonds is 12. The summed E-state index contributed by atoms with van der Waals surface area (Å²) in [5.74, 6) is 1.94. The summed E-state index contributed by atoms with van der Waals surface area (Å²) in [7, 11) is -3.80. The van der Waals surface area contributed by atoms with Crippen molar-refractivity contribution in [3.05, 3.63) is 101 Å². The van der Waals surface area contributed by atoms with Gasteiger partial charge in [-0.05, 0) is 80.8 Å². The van der Waals surface area contributed by atoms with Gasteiger partial charge in [0.2, 0.25) is 10.0 Å². The van der Waals surface area contributed by atoms with Gasteiger partial charge in [-0.1, -0.05) is 58.4 Å². The molecule has 0 bridgehead atoms. The van der Waals surface area contributed by atoms with Crippen LogP contribution in [0.1, 0.15) is 25.0 Å². The minimum atomic E-state index is -3.80. The Bertz CT molecular complexity index is 1850. The van der Waals surface area contributed by atoms with Crippen LogP contribution in [0, 0.1) is 6.92 Å². The molecule has 43 heavy (non-hydrogen) atoms. The highest BCUT2D eigenvalue weighted by atomic mass is 79.9. The number of nitrogens with zero attached hydrogens (tertiary/aromatic N) is 2. The Kier molecular flexibility index (Phi) is 9.59. The van der Waals surface area contributed by atoms with Gasteiger partial charge in [-0.15, -0.1) is 10.2 Å². The summed E-state index contributed by atoms with van der Waals surface area (Å²) < 4.78 is 42.0. The Balaban J connectivity index is 1.38. The Labute approximate surface area is 260 Å². The lowest BCUT2D eigenvalue weighted by molar-refractivity contribution is 0.287. The summed E-state index contributed by atoms with van der Waals surface area (Å²) in [6.45, 7) is 6.89. The number of aromatic nitrogens is 2. The smallest absolute Gasteiger partial charge is 0.240 e. The lowest BCUT2D eigenvalue weighted by Gasteiger charge is -2.14. The molecule has 10 heteroatoms. The number of nitrogens with one attached hydrogen (secondary N) is 2. The van der Waals surface area contributed by atoms with Crippen LogP contribution in [-0.2, 0) is 16.4 Å². The van der Waals surface area contributed by atoms with E-state index in [1.54, 1.807) is 19.1 Å². The number of halogens is 1. The molecule has 0 aliphatic carbocycles. The van der Waals surface area contributed by atoms with E-state index in [9.17, 15) is 8.42 Å². The van der Waals surface area contributed by atoms with Crippen molar-refractivity contribution in [2.45, 2.75) is 32.1 Å². The fraction of sp³-hybridized carbons (Fsp3) is 0.212. The number of hydrogen-bond donors (Lipinski definition) is 2. The normalized spacial score (nSPS) is 11.4. The molecule has 1 aromatic heterocycles. The Morgan fingerprint density at radius 1 is 0.814 bits per heavy atom. The van der Waals surface area contributed by atoms with Gasteiger partial charge in [-0.3, -0.25) is 0 Å². The molecule has 0 aliphatic heterocycles. The summed E-state index contributed by atoms with van der Waals surface area (Å²) in [5, 5.41) is 14.1. The summed E-state index contributed by atoms with van der Waals surface area (Å²) in [5.41, 5.74) is 3.73. The third kappa shape index (κ3) is 7.15. The minimum absolute atomic E-state index is 0.203. The average Bonchev–Trinajstić information content (AvgIpc) is 3.00. The van der Waals surface area contributed by atoms with Gasteiger partial charge in [0, 0.05) is 33.0 Å². The summed E-state index contributed by atoms with van der Waals surface area (Å²) >= 11 is 3.46. The van der Waals surface area contributed by atoms with Crippen LogP contribution in [0.15, 0.2) is 94.3 Å². The first-order valence-electron chi connectivity index (χ1n) is 14.1. The van der Waals surface area contributed by atoms with Crippen LogP contribution in [-0.4, -0.2) is 38.4 Å². The Morgan fingerprint density at radius 3 is 2.28 bits per heavy atom. The van der Waals surface area contributed by atoms with E-state index >= 15 is 0 Å². The molecule has 0 atom stereocenters. The number of fused-ring (bicyclic) bond motifs is 1. The van der Waals surface area contributed by atoms with Gasteiger partial charge in [0.25, 0.3) is 0 Å². The SMILES string of the molecule is CCOc1ccc(CCNS(=O)(=O)c2cc(-c3nnc(Nc4ccc(Br)cc4)c4ccccc34)ccc2C)cc1OCC. The molecule has 0 fully saturated rings. The van der Waals surface area contributed by atoms with Crippen molar-refractivity contribution in [1.29, 1.82) is 0 Å². The van der Waals surface area contributed by atoms with Crippen LogP contribution in [0.25, 0.3) is 22.0 Å². The number of benzene rings is 4. The predicted octanol–water partition coefficient (Wildman–Crippen LogP) is 7.43. The first-order chi connectivity index (χ1) is 20.8. The van der Waals surface area contributed by atoms with Gasteiger partial charge in [0.15, 0.2) is 17.3 Å². The number of ether oxygens (including phenoxy) is 2. The molecular weight excluding hydrogens is 628 g/mol. The van der Waals surface area contributed by atoms with Gasteiger partial charge in [0.05, 0.1) is 18.1 Å². The molecular formula is C33H33BrN4O4S. The molecule has 0 amide bonds. The maximum Gasteiger partial charge on any atom is 0.240 e. The summed E-state index contributed by atoms with van der Waals surface area (Å²) in [4.78, 5) is 0.203. The van der Waals surface area contributed by atoms with E-state index in [1.807, 2.05) is 86.6 Å². The molecule has 0 radical (unpaired) electrons. The fourth-order valence-corrected chi connectivity index (χ4v) is 6.34. The molecule has 222 valence electrons. The molecule has 5 aromatic rings. The Hall–Kier alpha value is -3.99. The lowest BCUT2D eigenvalue weighted by Crippen LogP contribution is -2.26. The van der Waals surface area contributed by atoms with Crippen molar-refractivity contribution in [1.82, 2.24) is 14.9 Å². The molecule has 8 nitrogen and oxygen atoms in total. The number of anilines is 2. The average molecular weight is 662 g/mol. The molecule has 0 aliphatic rings. The maximum atomic E-state index is 13.5. The molecule has 0 unspecified atom stereocenters. The van der Waals surface area contributed by atoms with Crippen molar-refractivity contribution in [3.8, 4) is 22.8 Å². The van der Waals surface area contributed by atoms with Crippen molar-refractivity contribution in [3.63, 3.8) is 0 Å². The van der Waals surface area contributed by atoms with Crippen LogP contribution in [0.4, 0.5) is 11.5 Å². The topological polar surface area (TPSA) is 102 Å². The second-order valence-electron chi connectivity index (χ2n) is 9.85. The Morgan fingerprint density at radius 2 is 1.53 bits per heavy atom. The molecule has 0 saturated carbocycles. The van der Waals surface area contributed by atoms with Crippen LogP contribution in [0.3, 0.4) is 0 Å². The second-order valence-corrected chi connectivity index (χ2v) is 12.5.